The van der Waals surface area contributed by atoms with E-state index in [-0.39, 0.29) is 23.2 Å². The Morgan fingerprint density at radius 2 is 2.07 bits per heavy atom. The number of hydrogen-bond acceptors (Lipinski definition) is 5. The molecule has 0 bridgehead atoms. The molecule has 3 heterocycles. The summed E-state index contributed by atoms with van der Waals surface area (Å²) >= 11 is 3.42. The maximum atomic E-state index is 13.5. The van der Waals surface area contributed by atoms with Crippen LogP contribution in [0.1, 0.15) is 40.6 Å². The molecule has 1 saturated heterocycles. The molecule has 0 spiro atoms. The molecule has 6 nitrogen and oxygen atoms in total. The quantitative estimate of drug-likeness (QED) is 0.569. The highest BCUT2D eigenvalue weighted by Crippen LogP contribution is 2.40. The van der Waals surface area contributed by atoms with Gasteiger partial charge in [0.15, 0.2) is 5.43 Å². The monoisotopic (exact) mass is 469 g/mol. The summed E-state index contributed by atoms with van der Waals surface area (Å²) in [4.78, 5) is 28.6. The van der Waals surface area contributed by atoms with Crippen molar-refractivity contribution in [3.05, 3.63) is 74.0 Å². The second-order valence-corrected chi connectivity index (χ2v) is 8.50. The molecule has 0 saturated carbocycles. The van der Waals surface area contributed by atoms with E-state index < -0.39 is 6.04 Å². The van der Waals surface area contributed by atoms with Crippen molar-refractivity contribution < 1.29 is 18.7 Å². The Morgan fingerprint density at radius 1 is 1.20 bits per heavy atom. The zero-order valence-electron chi connectivity index (χ0n) is 16.4. The lowest BCUT2D eigenvalue weighted by atomic mass is 9.98. The molecule has 2 atom stereocenters. The van der Waals surface area contributed by atoms with E-state index in [2.05, 4.69) is 15.9 Å². The molecule has 154 valence electrons. The Bertz CT molecular complexity index is 1200. The number of rotatable bonds is 4. The van der Waals surface area contributed by atoms with Gasteiger partial charge in [0, 0.05) is 17.6 Å². The van der Waals surface area contributed by atoms with Crippen molar-refractivity contribution in [2.24, 2.45) is 0 Å². The van der Waals surface area contributed by atoms with Crippen LogP contribution in [0.25, 0.3) is 11.0 Å². The first-order chi connectivity index (χ1) is 14.6. The van der Waals surface area contributed by atoms with Crippen LogP contribution in [-0.4, -0.2) is 37.2 Å². The van der Waals surface area contributed by atoms with Gasteiger partial charge >= 0.3 is 0 Å². The standard InChI is InChI=1S/C23H20BrNO5/c1-28-15-5-2-4-13(10-15)20-19-21(26)17-11-14(24)7-8-18(17)30-22(19)23(27)25(20)12-16-6-3-9-29-16/h2,4-5,7-8,10-11,16,20H,3,6,9,12H2,1H3/t16-,20-/m1/s1. The van der Waals surface area contributed by atoms with E-state index >= 15 is 0 Å². The maximum absolute atomic E-state index is 13.5. The third-order valence-electron chi connectivity index (χ3n) is 5.76. The predicted octanol–water partition coefficient (Wildman–Crippen LogP) is 4.29. The molecule has 2 aliphatic rings. The van der Waals surface area contributed by atoms with Crippen molar-refractivity contribution >= 4 is 32.8 Å². The van der Waals surface area contributed by atoms with Gasteiger partial charge in [0.2, 0.25) is 5.76 Å². The van der Waals surface area contributed by atoms with Gasteiger partial charge in [-0.15, -0.1) is 0 Å². The van der Waals surface area contributed by atoms with E-state index in [9.17, 15) is 9.59 Å². The number of ether oxygens (including phenoxy) is 2. The molecular formula is C23H20BrNO5. The molecule has 0 radical (unpaired) electrons. The Hall–Kier alpha value is -2.64. The van der Waals surface area contributed by atoms with Gasteiger partial charge in [0.05, 0.1) is 30.2 Å². The fourth-order valence-corrected chi connectivity index (χ4v) is 4.71. The van der Waals surface area contributed by atoms with Crippen LogP contribution < -0.4 is 10.2 Å². The number of methoxy groups -OCH3 is 1. The lowest BCUT2D eigenvalue weighted by Crippen LogP contribution is -2.36. The number of halogens is 1. The Labute approximate surface area is 181 Å². The fraction of sp³-hybridized carbons (Fsp3) is 0.304. The number of hydrogen-bond donors (Lipinski definition) is 0. The highest BCUT2D eigenvalue weighted by atomic mass is 79.9. The Balaban J connectivity index is 1.71. The zero-order chi connectivity index (χ0) is 20.8. The number of fused-ring (bicyclic) bond motifs is 2. The average molecular weight is 470 g/mol. The number of amides is 1. The van der Waals surface area contributed by atoms with Crippen LogP contribution in [0.3, 0.4) is 0 Å². The van der Waals surface area contributed by atoms with Crippen LogP contribution in [0.5, 0.6) is 5.75 Å². The van der Waals surface area contributed by atoms with Crippen LogP contribution in [-0.2, 0) is 4.74 Å². The van der Waals surface area contributed by atoms with Gasteiger partial charge in [-0.25, -0.2) is 0 Å². The summed E-state index contributed by atoms with van der Waals surface area (Å²) < 4.78 is 17.9. The summed E-state index contributed by atoms with van der Waals surface area (Å²) in [6.45, 7) is 1.10. The second-order valence-electron chi connectivity index (χ2n) is 7.59. The van der Waals surface area contributed by atoms with Crippen molar-refractivity contribution in [2.45, 2.75) is 25.0 Å². The summed E-state index contributed by atoms with van der Waals surface area (Å²) in [6.07, 6.45) is 1.81. The minimum absolute atomic E-state index is 0.0463. The van der Waals surface area contributed by atoms with Crippen LogP contribution in [0.15, 0.2) is 56.1 Å². The molecule has 30 heavy (non-hydrogen) atoms. The Kier molecular flexibility index (Phi) is 4.87. The molecule has 2 aliphatic heterocycles. The molecule has 1 amide bonds. The molecule has 2 aromatic carbocycles. The summed E-state index contributed by atoms with van der Waals surface area (Å²) in [6, 6.07) is 12.1. The SMILES string of the molecule is COc1cccc([C@@H]2c3c(oc4ccc(Br)cc4c3=O)C(=O)N2C[C@H]2CCCO2)c1. The van der Waals surface area contributed by atoms with Crippen molar-refractivity contribution in [3.63, 3.8) is 0 Å². The molecule has 1 aromatic heterocycles. The predicted molar refractivity (Wildman–Crippen MR) is 115 cm³/mol. The summed E-state index contributed by atoms with van der Waals surface area (Å²) in [5.41, 5.74) is 1.39. The average Bonchev–Trinajstić information content (AvgIpc) is 3.36. The number of carbonyl (C=O) groups is 1. The largest absolute Gasteiger partial charge is 0.497 e. The Morgan fingerprint density at radius 3 is 2.83 bits per heavy atom. The maximum Gasteiger partial charge on any atom is 0.291 e. The van der Waals surface area contributed by atoms with Gasteiger partial charge in [-0.05, 0) is 48.7 Å². The summed E-state index contributed by atoms with van der Waals surface area (Å²) in [7, 11) is 1.59. The molecule has 5 rings (SSSR count). The minimum Gasteiger partial charge on any atom is -0.497 e. The van der Waals surface area contributed by atoms with Gasteiger partial charge < -0.3 is 18.8 Å². The van der Waals surface area contributed by atoms with E-state index in [0.717, 1.165) is 22.9 Å². The van der Waals surface area contributed by atoms with E-state index in [0.29, 0.717) is 35.4 Å². The number of benzene rings is 2. The molecule has 0 aliphatic carbocycles. The highest BCUT2D eigenvalue weighted by Gasteiger charge is 2.44. The van der Waals surface area contributed by atoms with Gasteiger partial charge in [-0.3, -0.25) is 9.59 Å². The third kappa shape index (κ3) is 3.13. The van der Waals surface area contributed by atoms with Crippen molar-refractivity contribution in [3.8, 4) is 5.75 Å². The molecule has 1 fully saturated rings. The first-order valence-electron chi connectivity index (χ1n) is 9.89. The van der Waals surface area contributed by atoms with E-state index in [1.54, 1.807) is 30.2 Å². The highest BCUT2D eigenvalue weighted by molar-refractivity contribution is 9.10. The first-order valence-corrected chi connectivity index (χ1v) is 10.7. The smallest absolute Gasteiger partial charge is 0.291 e. The summed E-state index contributed by atoms with van der Waals surface area (Å²) in [5.74, 6) is 0.495. The van der Waals surface area contributed by atoms with Crippen molar-refractivity contribution in [2.75, 3.05) is 20.3 Å². The fourth-order valence-electron chi connectivity index (χ4n) is 4.35. The summed E-state index contributed by atoms with van der Waals surface area (Å²) in [5, 5.41) is 0.447. The first kappa shape index (κ1) is 19.3. The molecule has 0 unspecified atom stereocenters. The van der Waals surface area contributed by atoms with Crippen LogP contribution in [0.2, 0.25) is 0 Å². The molecule has 3 aromatic rings. The topological polar surface area (TPSA) is 69.0 Å². The van der Waals surface area contributed by atoms with Gasteiger partial charge in [0.1, 0.15) is 11.3 Å². The van der Waals surface area contributed by atoms with Gasteiger partial charge in [0.25, 0.3) is 5.91 Å². The molecular weight excluding hydrogens is 450 g/mol. The lowest BCUT2D eigenvalue weighted by Gasteiger charge is -2.27. The van der Waals surface area contributed by atoms with E-state index in [1.165, 1.54) is 0 Å². The molecule has 0 N–H and O–H groups in total. The number of nitrogens with zero attached hydrogens (tertiary/aromatic N) is 1. The lowest BCUT2D eigenvalue weighted by molar-refractivity contribution is 0.0486. The van der Waals surface area contributed by atoms with E-state index in [1.807, 2.05) is 24.3 Å². The molecule has 7 heteroatoms. The minimum atomic E-state index is -0.550. The van der Waals surface area contributed by atoms with E-state index in [4.69, 9.17) is 13.9 Å². The van der Waals surface area contributed by atoms with Crippen molar-refractivity contribution in [1.29, 1.82) is 0 Å². The second kappa shape index (κ2) is 7.56. The third-order valence-corrected chi connectivity index (χ3v) is 6.25. The van der Waals surface area contributed by atoms with Crippen LogP contribution >= 0.6 is 15.9 Å². The van der Waals surface area contributed by atoms with Crippen LogP contribution in [0.4, 0.5) is 0 Å². The normalized spacial score (nSPS) is 20.7. The van der Waals surface area contributed by atoms with Gasteiger partial charge in [-0.1, -0.05) is 28.1 Å². The van der Waals surface area contributed by atoms with Gasteiger partial charge in [-0.2, -0.15) is 0 Å². The zero-order valence-corrected chi connectivity index (χ0v) is 18.0. The van der Waals surface area contributed by atoms with Crippen molar-refractivity contribution in [1.82, 2.24) is 4.90 Å². The number of carbonyl (C=O) groups excluding carboxylic acids is 1. The van der Waals surface area contributed by atoms with Crippen LogP contribution in [0, 0.1) is 0 Å².